The minimum Gasteiger partial charge on any atom is -0.687 e. The molecule has 46 heavy (non-hydrogen) atoms. The molecule has 0 spiro atoms. The smallest absolute Gasteiger partial charge is 0.687 e. The molecule has 8 nitrogen and oxygen atoms in total. The Hall–Kier alpha value is -1.44. The van der Waals surface area contributed by atoms with Crippen LogP contribution in [0.1, 0.15) is 101 Å². The number of hydrogen-bond donors (Lipinski definition) is 3. The first-order chi connectivity index (χ1) is 21.1. The van der Waals surface area contributed by atoms with Crippen LogP contribution in [0.25, 0.3) is 5.32 Å². The maximum atomic E-state index is 12.9. The van der Waals surface area contributed by atoms with Crippen molar-refractivity contribution in [1.29, 1.82) is 5.41 Å². The molecule has 1 aromatic heterocycles. The molecule has 0 bridgehead atoms. The number of allylic oxidation sites excluding steroid dienone is 4. The Bertz CT molecular complexity index is 1530. The summed E-state index contributed by atoms with van der Waals surface area (Å²) in [7, 11) is -1.35. The first-order valence-corrected chi connectivity index (χ1v) is 18.2. The van der Waals surface area contributed by atoms with E-state index in [1.54, 1.807) is 13.2 Å². The molecular formula is C35H51KN4O4S2. The van der Waals surface area contributed by atoms with Gasteiger partial charge in [0.25, 0.3) is 5.91 Å². The second-order valence-electron chi connectivity index (χ2n) is 12.4. The number of sulfone groups is 1. The molecule has 2 atom stereocenters. The van der Waals surface area contributed by atoms with E-state index >= 15 is 0 Å². The van der Waals surface area contributed by atoms with Gasteiger partial charge < -0.3 is 21.1 Å². The summed E-state index contributed by atoms with van der Waals surface area (Å²) >= 11 is 1.34. The fourth-order valence-corrected chi connectivity index (χ4v) is 6.75. The summed E-state index contributed by atoms with van der Waals surface area (Å²) < 4.78 is 24.1. The molecule has 11 heteroatoms. The number of aliphatic hydroxyl groups is 1. The third-order valence-corrected chi connectivity index (χ3v) is 10.8. The predicted octanol–water partition coefficient (Wildman–Crippen LogP) is 4.54. The number of aliphatic hydroxyl groups excluding tert-OH is 1. The summed E-state index contributed by atoms with van der Waals surface area (Å²) in [6.07, 6.45) is 5.88. The number of amides is 1. The zero-order valence-electron chi connectivity index (χ0n) is 29.5. The first kappa shape index (κ1) is 42.6. The SMILES string of the molecule is CC.C[N-]C(/C=C(/C1=CCS(=O)(=O)CC1)C(C)C(C)C)=C(/C)C(=N)c1ccc(C(CO)NC(=O)c2cnc(C(C)(C)C)s2)cc1.[K+]. The number of carbonyl (C=O) groups is 1. The van der Waals surface area contributed by atoms with Crippen molar-refractivity contribution in [2.75, 3.05) is 25.2 Å². The third kappa shape index (κ3) is 11.6. The van der Waals surface area contributed by atoms with E-state index in [-0.39, 0.29) is 86.7 Å². The van der Waals surface area contributed by atoms with Gasteiger partial charge in [-0.1, -0.05) is 91.8 Å². The van der Waals surface area contributed by atoms with Crippen LogP contribution in [0.2, 0.25) is 0 Å². The molecule has 0 saturated carbocycles. The molecular weight excluding hydrogens is 644 g/mol. The van der Waals surface area contributed by atoms with Gasteiger partial charge in [0.05, 0.1) is 41.1 Å². The fraction of sp³-hybridized carbons (Fsp3) is 0.514. The first-order valence-electron chi connectivity index (χ1n) is 15.6. The molecule has 1 amide bonds. The topological polar surface area (TPSA) is 134 Å². The molecule has 2 unspecified atom stereocenters. The van der Waals surface area contributed by atoms with E-state index in [2.05, 4.69) is 36.4 Å². The molecule has 3 N–H and O–H groups in total. The van der Waals surface area contributed by atoms with E-state index < -0.39 is 15.9 Å². The van der Waals surface area contributed by atoms with Gasteiger partial charge in [0.2, 0.25) is 0 Å². The molecule has 3 rings (SSSR count). The normalized spacial score (nSPS) is 16.5. The number of carbonyl (C=O) groups excluding carboxylic acids is 1. The van der Waals surface area contributed by atoms with Crippen molar-refractivity contribution in [2.45, 2.75) is 80.2 Å². The molecule has 0 fully saturated rings. The van der Waals surface area contributed by atoms with E-state index in [9.17, 15) is 18.3 Å². The molecule has 0 radical (unpaired) electrons. The van der Waals surface area contributed by atoms with Crippen molar-refractivity contribution in [3.63, 3.8) is 0 Å². The van der Waals surface area contributed by atoms with Gasteiger partial charge in [-0.15, -0.1) is 24.1 Å². The molecule has 2 aromatic rings. The van der Waals surface area contributed by atoms with Crippen LogP contribution in [0.4, 0.5) is 0 Å². The average molecular weight is 695 g/mol. The second-order valence-corrected chi connectivity index (χ2v) is 15.7. The molecule has 1 aliphatic rings. The van der Waals surface area contributed by atoms with Crippen molar-refractivity contribution in [3.8, 4) is 0 Å². The average Bonchev–Trinajstić information content (AvgIpc) is 3.52. The molecule has 0 aliphatic carbocycles. The van der Waals surface area contributed by atoms with Gasteiger partial charge in [-0.05, 0) is 53.0 Å². The van der Waals surface area contributed by atoms with Crippen LogP contribution >= 0.6 is 11.3 Å². The van der Waals surface area contributed by atoms with Crippen LogP contribution in [0.5, 0.6) is 0 Å². The number of hydrogen-bond acceptors (Lipinski definition) is 7. The Balaban J connectivity index is 0.00000346. The van der Waals surface area contributed by atoms with Crippen molar-refractivity contribution < 1.29 is 69.7 Å². The number of nitrogens with one attached hydrogen (secondary N) is 2. The van der Waals surface area contributed by atoms with E-state index in [4.69, 9.17) is 5.41 Å². The van der Waals surface area contributed by atoms with E-state index in [0.717, 1.165) is 21.7 Å². The van der Waals surface area contributed by atoms with Crippen molar-refractivity contribution in [1.82, 2.24) is 10.3 Å². The Labute approximate surface area is 323 Å². The van der Waals surface area contributed by atoms with Gasteiger partial charge in [-0.2, -0.15) is 0 Å². The largest absolute Gasteiger partial charge is 1.00 e. The second kappa shape index (κ2) is 18.9. The van der Waals surface area contributed by atoms with E-state index in [0.29, 0.717) is 39.8 Å². The van der Waals surface area contributed by atoms with Crippen LogP contribution in [-0.2, 0) is 15.3 Å². The van der Waals surface area contributed by atoms with Crippen LogP contribution in [0, 0.1) is 17.2 Å². The van der Waals surface area contributed by atoms with Gasteiger partial charge in [-0.25, -0.2) is 13.4 Å². The van der Waals surface area contributed by atoms with Crippen LogP contribution in [0.15, 0.2) is 65.0 Å². The molecule has 0 saturated heterocycles. The van der Waals surface area contributed by atoms with Crippen LogP contribution in [-0.4, -0.2) is 55.3 Å². The summed E-state index contributed by atoms with van der Waals surface area (Å²) in [4.78, 5) is 17.8. The standard InChI is InChI=1S/C33H46N4O4S2.C2H6.K/c1-20(2)21(3)26(23-13-15-43(40,41)16-14-23)17-27(35-8)22(4)30(34)25-11-9-24(10-12-25)28(19-38)37-31(39)29-18-36-32(42-29)33(5,6)7;1-2;/h9-13,17-18,20-21,28,38H,14-16,19H2,1-8H3,(H3,34,35,37,39);1-2H3;/q;;+1/p-1/b26-17+;;. The van der Waals surface area contributed by atoms with Gasteiger partial charge in [-0.3, -0.25) is 4.79 Å². The van der Waals surface area contributed by atoms with Gasteiger partial charge in [0, 0.05) is 5.41 Å². The van der Waals surface area contributed by atoms with Crippen molar-refractivity contribution >= 4 is 32.8 Å². The molecule has 2 heterocycles. The van der Waals surface area contributed by atoms with E-state index in [1.807, 2.05) is 78.0 Å². The quantitative estimate of drug-likeness (QED) is 0.180. The summed E-state index contributed by atoms with van der Waals surface area (Å²) in [6, 6.07) is 6.63. The number of rotatable bonds is 11. The zero-order chi connectivity index (χ0) is 34.1. The zero-order valence-corrected chi connectivity index (χ0v) is 34.2. The Morgan fingerprint density at radius 3 is 2.24 bits per heavy atom. The number of likely N-dealkylation sites (N-methyl/N-ethyl adjacent to an activating group) is 1. The molecule has 1 aromatic carbocycles. The molecule has 248 valence electrons. The summed E-state index contributed by atoms with van der Waals surface area (Å²) in [5.74, 6) is 0.418. The fourth-order valence-electron chi connectivity index (χ4n) is 4.72. The van der Waals surface area contributed by atoms with Gasteiger partial charge in [0.15, 0.2) is 9.84 Å². The Morgan fingerprint density at radius 1 is 1.17 bits per heavy atom. The minimum atomic E-state index is -3.05. The number of benzene rings is 1. The summed E-state index contributed by atoms with van der Waals surface area (Å²) in [6.45, 7) is 18.1. The maximum Gasteiger partial charge on any atom is 1.00 e. The maximum absolute atomic E-state index is 12.9. The summed E-state index contributed by atoms with van der Waals surface area (Å²) in [5, 5.41) is 27.3. The predicted molar refractivity (Wildman–Crippen MR) is 188 cm³/mol. The van der Waals surface area contributed by atoms with Crippen molar-refractivity contribution in [2.24, 2.45) is 11.8 Å². The van der Waals surface area contributed by atoms with Gasteiger partial charge in [0.1, 0.15) is 4.88 Å². The molecule has 1 aliphatic heterocycles. The van der Waals surface area contributed by atoms with E-state index in [1.165, 1.54) is 11.3 Å². The number of nitrogens with zero attached hydrogens (tertiary/aromatic N) is 2. The van der Waals surface area contributed by atoms with Crippen LogP contribution in [0.3, 0.4) is 0 Å². The van der Waals surface area contributed by atoms with Crippen LogP contribution < -0.4 is 56.7 Å². The monoisotopic (exact) mass is 694 g/mol. The Morgan fingerprint density at radius 2 is 1.78 bits per heavy atom. The van der Waals surface area contributed by atoms with Crippen molar-refractivity contribution in [3.05, 3.63) is 91.4 Å². The number of thiazole rings is 1. The third-order valence-electron chi connectivity index (χ3n) is 7.88. The number of aromatic nitrogens is 1. The Kier molecular flexibility index (Phi) is 17.5. The van der Waals surface area contributed by atoms with Gasteiger partial charge >= 0.3 is 51.4 Å². The minimum absolute atomic E-state index is 0. The summed E-state index contributed by atoms with van der Waals surface area (Å²) in [5.41, 5.74) is 5.02.